The van der Waals surface area contributed by atoms with Crippen molar-refractivity contribution in [3.63, 3.8) is 0 Å². The molecule has 0 radical (unpaired) electrons. The summed E-state index contributed by atoms with van der Waals surface area (Å²) < 4.78 is 8.82. The first kappa shape index (κ1) is 76.0. The Morgan fingerprint density at radius 1 is 0.169 bits per heavy atom. The SMILES string of the molecule is c1ccc(C2(c3ccccc3)c3ccccc3-c3ccc(N(c4ccc(-c5ccc6c(ccc7ccccc76)c5)cc4)c4ccc(-c5ccc6oc7ccccc7c6c5)cc4)cc32)cc1.c1ccc(C2(c3ccccc3)c3ccccc3-c3ccc(N(c4ccc(-c5ccc6c(ccc7ccccc76)c5)cc4)c4ccc(-c5ccc6sc7ccccc7c6c5)cc4)cc32)cc1. The Morgan fingerprint density at radius 3 is 0.931 bits per heavy atom. The molecule has 0 spiro atoms. The minimum atomic E-state index is -0.513. The Labute approximate surface area is 758 Å². The maximum absolute atomic E-state index is 6.18. The molecule has 0 fully saturated rings. The van der Waals surface area contributed by atoms with E-state index >= 15 is 0 Å². The van der Waals surface area contributed by atoms with Crippen LogP contribution in [0.2, 0.25) is 0 Å². The van der Waals surface area contributed by atoms with E-state index in [2.05, 4.69) is 495 Å². The van der Waals surface area contributed by atoms with Gasteiger partial charge >= 0.3 is 0 Å². The lowest BCUT2D eigenvalue weighted by atomic mass is 9.67. The molecule has 2 aliphatic rings. The summed E-state index contributed by atoms with van der Waals surface area (Å²) in [6.45, 7) is 0. The van der Waals surface area contributed by atoms with E-state index in [9.17, 15) is 0 Å². The molecule has 2 aromatic heterocycles. The molecule has 26 rings (SSSR count). The predicted octanol–water partition coefficient (Wildman–Crippen LogP) is 34.6. The molecule has 0 saturated carbocycles. The Morgan fingerprint density at radius 2 is 0.477 bits per heavy atom. The zero-order valence-electron chi connectivity index (χ0n) is 71.1. The first-order chi connectivity index (χ1) is 64.4. The fourth-order valence-corrected chi connectivity index (χ4v) is 22.5. The summed E-state index contributed by atoms with van der Waals surface area (Å²) in [5.74, 6) is 0. The molecule has 130 heavy (non-hydrogen) atoms. The van der Waals surface area contributed by atoms with Crippen LogP contribution in [0, 0.1) is 0 Å². The molecule has 0 atom stereocenters. The van der Waals surface area contributed by atoms with Gasteiger partial charge in [0, 0.05) is 65.1 Å². The van der Waals surface area contributed by atoms with Crippen LogP contribution in [-0.2, 0) is 10.8 Å². The van der Waals surface area contributed by atoms with Crippen LogP contribution in [0.1, 0.15) is 44.5 Å². The van der Waals surface area contributed by atoms with E-state index in [-0.39, 0.29) is 0 Å². The number of para-hydroxylation sites is 1. The third-order valence-electron chi connectivity index (χ3n) is 27.5. The summed E-state index contributed by atoms with van der Waals surface area (Å²) in [5, 5.41) is 15.0. The van der Waals surface area contributed by atoms with E-state index in [1.165, 1.54) is 163 Å². The van der Waals surface area contributed by atoms with Crippen LogP contribution in [0.25, 0.3) is 152 Å². The summed E-state index contributed by atoms with van der Waals surface area (Å²) in [5.41, 5.74) is 32.1. The molecular formula is C126H82N2OS. The highest BCUT2D eigenvalue weighted by Crippen LogP contribution is 2.60. The van der Waals surface area contributed by atoms with Crippen LogP contribution in [0.15, 0.2) is 502 Å². The van der Waals surface area contributed by atoms with Crippen molar-refractivity contribution in [1.29, 1.82) is 0 Å². The minimum Gasteiger partial charge on any atom is -0.456 e. The fourth-order valence-electron chi connectivity index (χ4n) is 21.4. The normalized spacial score (nSPS) is 12.7. The fraction of sp³-hybridized carbons (Fsp3) is 0.0159. The van der Waals surface area contributed by atoms with Crippen molar-refractivity contribution in [3.8, 4) is 66.8 Å². The molecule has 22 aromatic carbocycles. The zero-order valence-corrected chi connectivity index (χ0v) is 71.9. The van der Waals surface area contributed by atoms with Gasteiger partial charge in [0.25, 0.3) is 0 Å². The largest absolute Gasteiger partial charge is 0.456 e. The van der Waals surface area contributed by atoms with Crippen LogP contribution in [-0.4, -0.2) is 0 Å². The average Bonchev–Trinajstić information content (AvgIpc) is 1.53. The monoisotopic (exact) mass is 1670 g/mol. The van der Waals surface area contributed by atoms with Crippen molar-refractivity contribution >= 4 is 131 Å². The van der Waals surface area contributed by atoms with Gasteiger partial charge < -0.3 is 14.2 Å². The summed E-state index contributed by atoms with van der Waals surface area (Å²) in [6.07, 6.45) is 0. The van der Waals surface area contributed by atoms with E-state index in [0.29, 0.717) is 0 Å². The van der Waals surface area contributed by atoms with Gasteiger partial charge in [0.2, 0.25) is 0 Å². The van der Waals surface area contributed by atoms with Gasteiger partial charge in [-0.15, -0.1) is 11.3 Å². The number of hydrogen-bond acceptors (Lipinski definition) is 4. The molecule has 608 valence electrons. The topological polar surface area (TPSA) is 19.6 Å². The van der Waals surface area contributed by atoms with Gasteiger partial charge in [-0.2, -0.15) is 0 Å². The van der Waals surface area contributed by atoms with Crippen LogP contribution in [0.5, 0.6) is 0 Å². The van der Waals surface area contributed by atoms with Crippen LogP contribution in [0.3, 0.4) is 0 Å². The Kier molecular flexibility index (Phi) is 18.3. The first-order valence-electron chi connectivity index (χ1n) is 44.8. The summed E-state index contributed by atoms with van der Waals surface area (Å²) >= 11 is 1.86. The van der Waals surface area contributed by atoms with E-state index in [4.69, 9.17) is 4.42 Å². The highest BCUT2D eigenvalue weighted by molar-refractivity contribution is 7.25. The number of thiophene rings is 1. The standard InChI is InChI=1S/C63H41NO.C63H41NS/c2*1-3-14-48(15-4-1)63(49-16-5-2-6-17-49)59-21-11-9-19-55(59)56-37-35-52(41-60(56)63)64(51-33-27-43(28-34-51)46-30-38-62-58(40-46)57-20-10-12-22-61(57)65-62)50-31-25-42(26-32-50)45-29-36-54-47(39-45)24-23-44-13-7-8-18-53(44)54/h2*1-41H. The summed E-state index contributed by atoms with van der Waals surface area (Å²) in [7, 11) is 0. The lowest BCUT2D eigenvalue weighted by Gasteiger charge is -2.35. The van der Waals surface area contributed by atoms with Gasteiger partial charge in [-0.25, -0.2) is 0 Å². The maximum Gasteiger partial charge on any atom is 0.135 e. The van der Waals surface area contributed by atoms with Gasteiger partial charge in [-0.3, -0.25) is 0 Å². The highest BCUT2D eigenvalue weighted by Gasteiger charge is 2.48. The maximum atomic E-state index is 6.18. The van der Waals surface area contributed by atoms with Crippen molar-refractivity contribution in [3.05, 3.63) is 542 Å². The molecule has 0 N–H and O–H groups in total. The smallest absolute Gasteiger partial charge is 0.135 e. The third-order valence-corrected chi connectivity index (χ3v) is 28.6. The first-order valence-corrected chi connectivity index (χ1v) is 45.6. The third kappa shape index (κ3) is 12.5. The molecule has 24 aromatic rings. The summed E-state index contributed by atoms with van der Waals surface area (Å²) in [4.78, 5) is 4.84. The number of rotatable bonds is 14. The van der Waals surface area contributed by atoms with Crippen molar-refractivity contribution in [2.45, 2.75) is 10.8 Å². The van der Waals surface area contributed by atoms with Crippen molar-refractivity contribution in [2.75, 3.05) is 9.80 Å². The predicted molar refractivity (Wildman–Crippen MR) is 549 cm³/mol. The average molecular weight is 1670 g/mol. The second kappa shape index (κ2) is 31.3. The van der Waals surface area contributed by atoms with Crippen molar-refractivity contribution in [1.82, 2.24) is 0 Å². The molecule has 3 nitrogen and oxygen atoms in total. The molecule has 0 amide bonds. The number of furan rings is 1. The number of hydrogen-bond donors (Lipinski definition) is 0. The second-order valence-electron chi connectivity index (χ2n) is 34.4. The van der Waals surface area contributed by atoms with Gasteiger partial charge in [0.05, 0.1) is 10.8 Å². The highest BCUT2D eigenvalue weighted by atomic mass is 32.1. The van der Waals surface area contributed by atoms with Crippen molar-refractivity contribution in [2.24, 2.45) is 0 Å². The molecule has 0 saturated heterocycles. The van der Waals surface area contributed by atoms with Gasteiger partial charge in [0.1, 0.15) is 11.2 Å². The molecule has 0 aliphatic heterocycles. The Hall–Kier alpha value is -16.5. The van der Waals surface area contributed by atoms with Crippen LogP contribution >= 0.6 is 11.3 Å². The quantitative estimate of drug-likeness (QED) is 0.101. The van der Waals surface area contributed by atoms with Crippen LogP contribution in [0.4, 0.5) is 34.1 Å². The Balaban J connectivity index is 0.000000140. The van der Waals surface area contributed by atoms with E-state index in [1.807, 2.05) is 23.5 Å². The molecule has 2 aliphatic carbocycles. The van der Waals surface area contributed by atoms with Gasteiger partial charge in [-0.1, -0.05) is 376 Å². The van der Waals surface area contributed by atoms with Gasteiger partial charge in [-0.05, 0) is 276 Å². The number of benzene rings is 22. The number of fused-ring (bicyclic) bond motifs is 18. The molecule has 0 unspecified atom stereocenters. The Bertz CT molecular complexity index is 7930. The molecule has 4 heteroatoms. The van der Waals surface area contributed by atoms with Crippen molar-refractivity contribution < 1.29 is 4.42 Å². The lowest BCUT2D eigenvalue weighted by molar-refractivity contribution is 0.669. The van der Waals surface area contributed by atoms with Crippen LogP contribution < -0.4 is 9.80 Å². The van der Waals surface area contributed by atoms with Gasteiger partial charge in [0.15, 0.2) is 0 Å². The number of anilines is 6. The zero-order chi connectivity index (χ0) is 85.8. The van der Waals surface area contributed by atoms with E-state index in [0.717, 1.165) is 67.2 Å². The molecular weight excluding hydrogens is 1590 g/mol. The molecule has 0 bridgehead atoms. The minimum absolute atomic E-state index is 0.504. The number of nitrogens with zero attached hydrogens (tertiary/aromatic N) is 2. The second-order valence-corrected chi connectivity index (χ2v) is 35.5. The van der Waals surface area contributed by atoms with E-state index < -0.39 is 10.8 Å². The molecule has 2 heterocycles. The summed E-state index contributed by atoms with van der Waals surface area (Å²) in [6, 6.07) is 183. The van der Waals surface area contributed by atoms with E-state index in [1.54, 1.807) is 0 Å². The lowest BCUT2D eigenvalue weighted by Crippen LogP contribution is -2.28.